The van der Waals surface area contributed by atoms with Crippen molar-refractivity contribution in [1.29, 1.82) is 0 Å². The molecule has 0 aliphatic carbocycles. The SMILES string of the molecule is CCCS(=O)(=O)c1ccc(-c2ccc3c(c2)N(C(=O)O)C[C@H](C)N3C(=O)CC(C)C)cc1. The maximum absolute atomic E-state index is 12.9. The highest BCUT2D eigenvalue weighted by Gasteiger charge is 2.35. The van der Waals surface area contributed by atoms with Crippen LogP contribution in [-0.2, 0) is 14.6 Å². The molecule has 1 N–H and O–H groups in total. The number of carboxylic acid groups (broad SMARTS) is 1. The molecule has 0 radical (unpaired) electrons. The van der Waals surface area contributed by atoms with E-state index in [9.17, 15) is 23.1 Å². The molecule has 2 aromatic rings. The van der Waals surface area contributed by atoms with Gasteiger partial charge in [0, 0.05) is 13.0 Å². The van der Waals surface area contributed by atoms with Crippen LogP contribution in [-0.4, -0.2) is 43.9 Å². The lowest BCUT2D eigenvalue weighted by Gasteiger charge is -2.40. The standard InChI is InChI=1S/C24H30N2O5S/c1-5-12-32(30,31)20-9-6-18(7-10-20)19-8-11-21-22(14-19)25(24(28)29)15-17(4)26(21)23(27)13-16(2)3/h6-11,14,16-17H,5,12-13,15H2,1-4H3,(H,28,29)/t17-/m0/s1. The average molecular weight is 459 g/mol. The molecule has 1 aliphatic heterocycles. The summed E-state index contributed by atoms with van der Waals surface area (Å²) in [5, 5.41) is 9.77. The molecule has 0 aromatic heterocycles. The van der Waals surface area contributed by atoms with E-state index in [-0.39, 0.29) is 35.1 Å². The molecule has 0 spiro atoms. The fraction of sp³-hybridized carbons (Fsp3) is 0.417. The number of carbonyl (C=O) groups excluding carboxylic acids is 1. The highest BCUT2D eigenvalue weighted by Crippen LogP contribution is 2.39. The van der Waals surface area contributed by atoms with Gasteiger partial charge in [-0.3, -0.25) is 9.69 Å². The number of hydrogen-bond acceptors (Lipinski definition) is 4. The normalized spacial score (nSPS) is 16.2. The fourth-order valence-corrected chi connectivity index (χ4v) is 5.38. The summed E-state index contributed by atoms with van der Waals surface area (Å²) in [5.74, 6) is 0.256. The Kier molecular flexibility index (Phi) is 6.93. The second-order valence-electron chi connectivity index (χ2n) is 8.65. The number of carbonyl (C=O) groups is 2. The highest BCUT2D eigenvalue weighted by atomic mass is 32.2. The minimum atomic E-state index is -3.31. The molecule has 0 fully saturated rings. The monoisotopic (exact) mass is 458 g/mol. The predicted octanol–water partition coefficient (Wildman–Crippen LogP) is 4.80. The Morgan fingerprint density at radius 3 is 2.25 bits per heavy atom. The van der Waals surface area contributed by atoms with E-state index in [0.29, 0.717) is 24.2 Å². The molecule has 172 valence electrons. The summed E-state index contributed by atoms with van der Waals surface area (Å²) in [7, 11) is -3.31. The van der Waals surface area contributed by atoms with E-state index >= 15 is 0 Å². The Labute approximate surface area is 189 Å². The lowest BCUT2D eigenvalue weighted by molar-refractivity contribution is -0.119. The number of rotatable bonds is 6. The van der Waals surface area contributed by atoms with E-state index in [1.165, 1.54) is 4.90 Å². The molecule has 0 bridgehead atoms. The quantitative estimate of drug-likeness (QED) is 0.671. The van der Waals surface area contributed by atoms with Crippen molar-refractivity contribution in [3.05, 3.63) is 42.5 Å². The molecule has 2 aromatic carbocycles. The lowest BCUT2D eigenvalue weighted by Crippen LogP contribution is -2.51. The largest absolute Gasteiger partial charge is 0.465 e. The van der Waals surface area contributed by atoms with Gasteiger partial charge >= 0.3 is 6.09 Å². The Morgan fingerprint density at radius 2 is 1.69 bits per heavy atom. The molecular weight excluding hydrogens is 428 g/mol. The Morgan fingerprint density at radius 1 is 1.06 bits per heavy atom. The van der Waals surface area contributed by atoms with Gasteiger partial charge in [0.2, 0.25) is 5.91 Å². The number of anilines is 2. The topological polar surface area (TPSA) is 95.0 Å². The molecule has 8 heteroatoms. The van der Waals surface area contributed by atoms with Crippen molar-refractivity contribution in [2.75, 3.05) is 22.1 Å². The molecule has 32 heavy (non-hydrogen) atoms. The van der Waals surface area contributed by atoms with Crippen LogP contribution in [0.1, 0.15) is 40.5 Å². The molecular formula is C24H30N2O5S. The Balaban J connectivity index is 2.03. The second kappa shape index (κ2) is 9.32. The van der Waals surface area contributed by atoms with Gasteiger partial charge < -0.3 is 10.0 Å². The van der Waals surface area contributed by atoms with Crippen molar-refractivity contribution in [3.8, 4) is 11.1 Å². The summed E-state index contributed by atoms with van der Waals surface area (Å²) in [6.07, 6.45) is -0.149. The first-order valence-corrected chi connectivity index (χ1v) is 12.5. The van der Waals surface area contributed by atoms with Gasteiger partial charge in [0.1, 0.15) is 0 Å². The third-order valence-corrected chi connectivity index (χ3v) is 7.45. The molecule has 3 rings (SSSR count). The van der Waals surface area contributed by atoms with Crippen molar-refractivity contribution in [1.82, 2.24) is 0 Å². The lowest BCUT2D eigenvalue weighted by atomic mass is 10.00. The van der Waals surface area contributed by atoms with Crippen molar-refractivity contribution in [2.24, 2.45) is 5.92 Å². The number of sulfone groups is 1. The van der Waals surface area contributed by atoms with Crippen molar-refractivity contribution in [2.45, 2.75) is 51.5 Å². The van der Waals surface area contributed by atoms with E-state index in [1.807, 2.05) is 33.8 Å². The second-order valence-corrected chi connectivity index (χ2v) is 10.8. The zero-order valence-electron chi connectivity index (χ0n) is 18.9. The van der Waals surface area contributed by atoms with Gasteiger partial charge in [0.05, 0.1) is 28.1 Å². The van der Waals surface area contributed by atoms with Crippen molar-refractivity contribution in [3.63, 3.8) is 0 Å². The smallest absolute Gasteiger partial charge is 0.411 e. The maximum atomic E-state index is 12.9. The average Bonchev–Trinajstić information content (AvgIpc) is 2.72. The minimum Gasteiger partial charge on any atom is -0.465 e. The summed E-state index contributed by atoms with van der Waals surface area (Å²) >= 11 is 0. The van der Waals surface area contributed by atoms with Crippen LogP contribution >= 0.6 is 0 Å². The van der Waals surface area contributed by atoms with Crippen LogP contribution in [0.5, 0.6) is 0 Å². The molecule has 1 aliphatic rings. The summed E-state index contributed by atoms with van der Waals surface area (Å²) in [6.45, 7) is 7.81. The van der Waals surface area contributed by atoms with Gasteiger partial charge in [-0.15, -0.1) is 0 Å². The molecule has 2 amide bonds. The zero-order valence-corrected chi connectivity index (χ0v) is 19.7. The molecule has 0 saturated heterocycles. The Hall–Kier alpha value is -2.87. The number of nitrogens with zero attached hydrogens (tertiary/aromatic N) is 2. The fourth-order valence-electron chi connectivity index (χ4n) is 4.05. The van der Waals surface area contributed by atoms with E-state index in [2.05, 4.69) is 0 Å². The van der Waals surface area contributed by atoms with E-state index in [1.54, 1.807) is 41.3 Å². The van der Waals surface area contributed by atoms with Crippen LogP contribution in [0, 0.1) is 5.92 Å². The number of benzene rings is 2. The van der Waals surface area contributed by atoms with E-state index < -0.39 is 15.9 Å². The van der Waals surface area contributed by atoms with Gasteiger partial charge in [-0.25, -0.2) is 13.2 Å². The van der Waals surface area contributed by atoms with Gasteiger partial charge in [-0.05, 0) is 54.7 Å². The first kappa shape index (κ1) is 23.8. The predicted molar refractivity (Wildman–Crippen MR) is 126 cm³/mol. The maximum Gasteiger partial charge on any atom is 0.411 e. The van der Waals surface area contributed by atoms with E-state index in [0.717, 1.165) is 11.1 Å². The van der Waals surface area contributed by atoms with Crippen LogP contribution < -0.4 is 9.80 Å². The Bertz CT molecular complexity index is 1110. The molecule has 7 nitrogen and oxygen atoms in total. The number of fused-ring (bicyclic) bond motifs is 1. The first-order chi connectivity index (χ1) is 15.0. The van der Waals surface area contributed by atoms with Crippen LogP contribution in [0.15, 0.2) is 47.4 Å². The van der Waals surface area contributed by atoms with Gasteiger partial charge in [0.15, 0.2) is 9.84 Å². The van der Waals surface area contributed by atoms with Gasteiger partial charge in [-0.2, -0.15) is 0 Å². The summed E-state index contributed by atoms with van der Waals surface area (Å²) in [4.78, 5) is 28.1. The van der Waals surface area contributed by atoms with Gasteiger partial charge in [-0.1, -0.05) is 39.0 Å². The number of hydrogen-bond donors (Lipinski definition) is 1. The first-order valence-electron chi connectivity index (χ1n) is 10.8. The highest BCUT2D eigenvalue weighted by molar-refractivity contribution is 7.91. The summed E-state index contributed by atoms with van der Waals surface area (Å²) < 4.78 is 24.6. The van der Waals surface area contributed by atoms with Crippen LogP contribution in [0.4, 0.5) is 16.2 Å². The van der Waals surface area contributed by atoms with Gasteiger partial charge in [0.25, 0.3) is 0 Å². The van der Waals surface area contributed by atoms with Crippen LogP contribution in [0.25, 0.3) is 11.1 Å². The van der Waals surface area contributed by atoms with Crippen LogP contribution in [0.2, 0.25) is 0 Å². The van der Waals surface area contributed by atoms with Crippen LogP contribution in [0.3, 0.4) is 0 Å². The zero-order chi connectivity index (χ0) is 23.6. The molecule has 0 saturated carbocycles. The molecule has 1 atom stereocenters. The third kappa shape index (κ3) is 4.80. The third-order valence-electron chi connectivity index (χ3n) is 5.52. The molecule has 1 heterocycles. The summed E-state index contributed by atoms with van der Waals surface area (Å²) in [5.41, 5.74) is 2.54. The van der Waals surface area contributed by atoms with Crippen molar-refractivity contribution < 1.29 is 23.1 Å². The molecule has 0 unspecified atom stereocenters. The summed E-state index contributed by atoms with van der Waals surface area (Å²) in [6, 6.07) is 11.7. The van der Waals surface area contributed by atoms with Crippen molar-refractivity contribution >= 4 is 33.2 Å². The number of amides is 2. The minimum absolute atomic E-state index is 0.0305. The van der Waals surface area contributed by atoms with E-state index in [4.69, 9.17) is 0 Å².